The number of rotatable bonds is 7. The number of para-hydroxylation sites is 1. The fourth-order valence-electron chi connectivity index (χ4n) is 2.97. The van der Waals surface area contributed by atoms with Crippen molar-refractivity contribution in [3.63, 3.8) is 0 Å². The van der Waals surface area contributed by atoms with Crippen LogP contribution in [0.25, 0.3) is 0 Å². The highest BCUT2D eigenvalue weighted by atomic mass is 32.2. The molecule has 3 aromatic carbocycles. The van der Waals surface area contributed by atoms with Crippen molar-refractivity contribution >= 4 is 39.2 Å². The number of benzene rings is 3. The third-order valence-corrected chi connectivity index (χ3v) is 6.02. The van der Waals surface area contributed by atoms with Crippen molar-refractivity contribution in [3.8, 4) is 0 Å². The Morgan fingerprint density at radius 2 is 1.47 bits per heavy atom. The van der Waals surface area contributed by atoms with Crippen molar-refractivity contribution in [1.82, 2.24) is 0 Å². The molecule has 1 amide bonds. The van der Waals surface area contributed by atoms with Crippen molar-refractivity contribution < 1.29 is 36.7 Å². The summed E-state index contributed by atoms with van der Waals surface area (Å²) < 4.78 is 51.1. The highest BCUT2D eigenvalue weighted by molar-refractivity contribution is 7.92. The van der Waals surface area contributed by atoms with Gasteiger partial charge in [-0.25, -0.2) is 22.4 Å². The van der Waals surface area contributed by atoms with Crippen LogP contribution in [-0.4, -0.2) is 40.5 Å². The standard InChI is InChI=1S/C23H19FN2O7S/c1-32-22(28)14-7-12-18(23(29)33-2)20(13-14)34(30,31)26-19-6-4-3-5-17(19)21(27)25-16-10-8-15(24)9-11-16/h3-13,26H,1-2H3,(H,25,27). The lowest BCUT2D eigenvalue weighted by molar-refractivity contribution is 0.0583. The highest BCUT2D eigenvalue weighted by Gasteiger charge is 2.26. The number of carbonyl (C=O) groups excluding carboxylic acids is 3. The number of hydrogen-bond donors (Lipinski definition) is 2. The van der Waals surface area contributed by atoms with Crippen molar-refractivity contribution in [2.24, 2.45) is 0 Å². The molecule has 0 aliphatic rings. The molecule has 0 saturated heterocycles. The first-order valence-electron chi connectivity index (χ1n) is 9.65. The van der Waals surface area contributed by atoms with Gasteiger partial charge >= 0.3 is 11.9 Å². The summed E-state index contributed by atoms with van der Waals surface area (Å²) in [5, 5.41) is 2.55. The molecular formula is C23H19FN2O7S. The second kappa shape index (κ2) is 10.1. The zero-order valence-electron chi connectivity index (χ0n) is 18.0. The number of esters is 2. The van der Waals surface area contributed by atoms with E-state index >= 15 is 0 Å². The molecule has 3 rings (SSSR count). The fraction of sp³-hybridized carbons (Fsp3) is 0.0870. The summed E-state index contributed by atoms with van der Waals surface area (Å²) in [6.07, 6.45) is 0. The minimum Gasteiger partial charge on any atom is -0.465 e. The molecule has 0 aliphatic heterocycles. The molecular weight excluding hydrogens is 467 g/mol. The first-order valence-corrected chi connectivity index (χ1v) is 11.1. The Balaban J connectivity index is 2.00. The smallest absolute Gasteiger partial charge is 0.339 e. The van der Waals surface area contributed by atoms with Crippen LogP contribution in [0.1, 0.15) is 31.1 Å². The number of methoxy groups -OCH3 is 2. The van der Waals surface area contributed by atoms with Crippen LogP contribution in [0.5, 0.6) is 0 Å². The van der Waals surface area contributed by atoms with E-state index in [1.807, 2.05) is 0 Å². The van der Waals surface area contributed by atoms with Crippen molar-refractivity contribution in [3.05, 3.63) is 89.2 Å². The lowest BCUT2D eigenvalue weighted by Crippen LogP contribution is -2.21. The normalized spacial score (nSPS) is 10.8. The number of sulfonamides is 1. The molecule has 0 aliphatic carbocycles. The Kier molecular flexibility index (Phi) is 7.27. The third-order valence-electron chi connectivity index (χ3n) is 4.62. The molecule has 0 atom stereocenters. The average molecular weight is 486 g/mol. The van der Waals surface area contributed by atoms with Gasteiger partial charge in [-0.15, -0.1) is 0 Å². The summed E-state index contributed by atoms with van der Waals surface area (Å²) >= 11 is 0. The van der Waals surface area contributed by atoms with Crippen LogP contribution in [0.15, 0.2) is 71.6 Å². The van der Waals surface area contributed by atoms with Crippen molar-refractivity contribution in [2.45, 2.75) is 4.90 Å². The predicted octanol–water partition coefficient (Wildman–Crippen LogP) is 3.45. The minimum absolute atomic E-state index is 0.0425. The van der Waals surface area contributed by atoms with E-state index in [9.17, 15) is 27.2 Å². The molecule has 34 heavy (non-hydrogen) atoms. The van der Waals surface area contributed by atoms with Crippen LogP contribution in [0, 0.1) is 5.82 Å². The van der Waals surface area contributed by atoms with E-state index in [1.54, 1.807) is 0 Å². The van der Waals surface area contributed by atoms with Crippen LogP contribution in [-0.2, 0) is 19.5 Å². The van der Waals surface area contributed by atoms with Crippen LogP contribution >= 0.6 is 0 Å². The van der Waals surface area contributed by atoms with Crippen molar-refractivity contribution in [1.29, 1.82) is 0 Å². The molecule has 176 valence electrons. The fourth-order valence-corrected chi connectivity index (χ4v) is 4.27. The highest BCUT2D eigenvalue weighted by Crippen LogP contribution is 2.25. The molecule has 3 aromatic rings. The van der Waals surface area contributed by atoms with Gasteiger partial charge in [0.05, 0.1) is 36.6 Å². The monoisotopic (exact) mass is 486 g/mol. The Bertz CT molecular complexity index is 1360. The summed E-state index contributed by atoms with van der Waals surface area (Å²) in [5.74, 6) is -2.91. The molecule has 0 unspecified atom stereocenters. The summed E-state index contributed by atoms with van der Waals surface area (Å²) in [7, 11) is -2.28. The molecule has 0 fully saturated rings. The number of anilines is 2. The van der Waals surface area contributed by atoms with Gasteiger partial charge in [-0.3, -0.25) is 9.52 Å². The van der Waals surface area contributed by atoms with Crippen LogP contribution in [0.3, 0.4) is 0 Å². The van der Waals surface area contributed by atoms with Crippen molar-refractivity contribution in [2.75, 3.05) is 24.3 Å². The molecule has 11 heteroatoms. The lowest BCUT2D eigenvalue weighted by Gasteiger charge is -2.15. The predicted molar refractivity (Wildman–Crippen MR) is 121 cm³/mol. The Hall–Kier alpha value is -4.25. The Morgan fingerprint density at radius 1 is 0.824 bits per heavy atom. The van der Waals surface area contributed by atoms with E-state index in [0.29, 0.717) is 5.69 Å². The number of hydrogen-bond acceptors (Lipinski definition) is 7. The molecule has 0 spiro atoms. The van der Waals surface area contributed by atoms with E-state index < -0.39 is 38.6 Å². The molecule has 0 radical (unpaired) electrons. The third kappa shape index (κ3) is 5.38. The van der Waals surface area contributed by atoms with E-state index in [0.717, 1.165) is 38.5 Å². The van der Waals surface area contributed by atoms with Gasteiger partial charge in [0, 0.05) is 5.69 Å². The van der Waals surface area contributed by atoms with Gasteiger partial charge in [0.25, 0.3) is 15.9 Å². The van der Waals surface area contributed by atoms with E-state index in [2.05, 4.69) is 19.5 Å². The molecule has 0 bridgehead atoms. The van der Waals surface area contributed by atoms with Gasteiger partial charge in [-0.1, -0.05) is 12.1 Å². The zero-order valence-corrected chi connectivity index (χ0v) is 18.8. The van der Waals surface area contributed by atoms with E-state index in [1.165, 1.54) is 42.5 Å². The number of amides is 1. The lowest BCUT2D eigenvalue weighted by atomic mass is 10.1. The molecule has 9 nitrogen and oxygen atoms in total. The topological polar surface area (TPSA) is 128 Å². The molecule has 0 heterocycles. The number of carbonyl (C=O) groups is 3. The maximum atomic E-state index is 13.2. The first kappa shape index (κ1) is 24.4. The second-order valence-corrected chi connectivity index (χ2v) is 8.46. The van der Waals surface area contributed by atoms with Gasteiger partial charge in [0.15, 0.2) is 0 Å². The largest absolute Gasteiger partial charge is 0.465 e. The summed E-state index contributed by atoms with van der Waals surface area (Å²) in [6.45, 7) is 0. The molecule has 2 N–H and O–H groups in total. The van der Waals surface area contributed by atoms with E-state index in [4.69, 9.17) is 0 Å². The summed E-state index contributed by atoms with van der Waals surface area (Å²) in [5.41, 5.74) is -0.280. The van der Waals surface area contributed by atoms with Crippen LogP contribution in [0.2, 0.25) is 0 Å². The van der Waals surface area contributed by atoms with Gasteiger partial charge in [-0.05, 0) is 54.6 Å². The SMILES string of the molecule is COC(=O)c1ccc(C(=O)OC)c(S(=O)(=O)Nc2ccccc2C(=O)Nc2ccc(F)cc2)c1. The maximum Gasteiger partial charge on any atom is 0.339 e. The van der Waals surface area contributed by atoms with Gasteiger partial charge < -0.3 is 14.8 Å². The number of ether oxygens (including phenoxy) is 2. The van der Waals surface area contributed by atoms with Gasteiger partial charge in [0.2, 0.25) is 0 Å². The van der Waals surface area contributed by atoms with Gasteiger partial charge in [0.1, 0.15) is 10.7 Å². The zero-order chi connectivity index (χ0) is 24.9. The Morgan fingerprint density at radius 3 is 2.12 bits per heavy atom. The quantitative estimate of drug-likeness (QED) is 0.490. The minimum atomic E-state index is -4.49. The Labute approximate surface area is 194 Å². The summed E-state index contributed by atoms with van der Waals surface area (Å²) in [4.78, 5) is 36.3. The van der Waals surface area contributed by atoms with Gasteiger partial charge in [-0.2, -0.15) is 0 Å². The van der Waals surface area contributed by atoms with Crippen LogP contribution in [0.4, 0.5) is 15.8 Å². The van der Waals surface area contributed by atoms with Crippen LogP contribution < -0.4 is 10.0 Å². The van der Waals surface area contributed by atoms with E-state index in [-0.39, 0.29) is 22.4 Å². The first-order chi connectivity index (χ1) is 16.2. The maximum absolute atomic E-state index is 13.2. The molecule has 0 aromatic heterocycles. The average Bonchev–Trinajstić information content (AvgIpc) is 2.84. The molecule has 0 saturated carbocycles. The summed E-state index contributed by atoms with van der Waals surface area (Å²) in [6, 6.07) is 14.1. The number of nitrogens with one attached hydrogen (secondary N) is 2. The number of halogens is 1. The second-order valence-electron chi connectivity index (χ2n) is 6.81.